The molecular formula is C24H22O3. The van der Waals surface area contributed by atoms with Crippen molar-refractivity contribution >= 4 is 5.57 Å². The fourth-order valence-electron chi connectivity index (χ4n) is 3.49. The molecule has 0 spiro atoms. The third-order valence-electron chi connectivity index (χ3n) is 4.74. The molecule has 1 aliphatic rings. The summed E-state index contributed by atoms with van der Waals surface area (Å²) in [7, 11) is 1.54. The van der Waals surface area contributed by atoms with Gasteiger partial charge in [0.25, 0.3) is 0 Å². The van der Waals surface area contributed by atoms with Crippen LogP contribution in [0.15, 0.2) is 72.8 Å². The minimum absolute atomic E-state index is 0.0351. The zero-order valence-electron chi connectivity index (χ0n) is 15.7. The largest absolute Gasteiger partial charge is 0.502 e. The smallest absolute Gasteiger partial charge is 0.201 e. The molecule has 0 aromatic heterocycles. The molecule has 3 heteroatoms. The molecule has 136 valence electrons. The summed E-state index contributed by atoms with van der Waals surface area (Å²) in [5.74, 6) is 0.902. The third kappa shape index (κ3) is 3.17. The van der Waals surface area contributed by atoms with Crippen LogP contribution in [0, 0.1) is 0 Å². The van der Waals surface area contributed by atoms with E-state index in [1.807, 2.05) is 38.1 Å². The highest BCUT2D eigenvalue weighted by molar-refractivity contribution is 5.88. The number of phenolic OH excluding ortho intramolecular Hbond substituents is 1. The SMILES string of the molecule is COc1ccc2c(c1O)OC(C)(C)C=C2c1cccc(-c2ccccc2)c1. The maximum Gasteiger partial charge on any atom is 0.201 e. The van der Waals surface area contributed by atoms with E-state index in [-0.39, 0.29) is 5.75 Å². The van der Waals surface area contributed by atoms with Crippen molar-refractivity contribution in [2.75, 3.05) is 7.11 Å². The summed E-state index contributed by atoms with van der Waals surface area (Å²) in [6.07, 6.45) is 2.10. The highest BCUT2D eigenvalue weighted by Gasteiger charge is 2.30. The van der Waals surface area contributed by atoms with Gasteiger partial charge in [0.2, 0.25) is 5.75 Å². The van der Waals surface area contributed by atoms with Crippen LogP contribution in [-0.2, 0) is 0 Å². The molecule has 0 unspecified atom stereocenters. The summed E-state index contributed by atoms with van der Waals surface area (Å²) in [4.78, 5) is 0. The van der Waals surface area contributed by atoms with E-state index in [0.717, 1.165) is 22.3 Å². The first-order valence-electron chi connectivity index (χ1n) is 8.96. The first-order chi connectivity index (χ1) is 13.0. The van der Waals surface area contributed by atoms with Crippen molar-refractivity contribution in [2.24, 2.45) is 0 Å². The van der Waals surface area contributed by atoms with Gasteiger partial charge in [0, 0.05) is 5.56 Å². The van der Waals surface area contributed by atoms with Gasteiger partial charge in [-0.15, -0.1) is 0 Å². The molecule has 1 N–H and O–H groups in total. The Morgan fingerprint density at radius 3 is 2.30 bits per heavy atom. The van der Waals surface area contributed by atoms with Gasteiger partial charge in [-0.1, -0.05) is 48.5 Å². The van der Waals surface area contributed by atoms with Crippen molar-refractivity contribution in [3.8, 4) is 28.4 Å². The van der Waals surface area contributed by atoms with E-state index in [9.17, 15) is 5.11 Å². The van der Waals surface area contributed by atoms with Crippen LogP contribution in [-0.4, -0.2) is 17.8 Å². The first kappa shape index (κ1) is 17.2. The van der Waals surface area contributed by atoms with Gasteiger partial charge in [0.15, 0.2) is 11.5 Å². The Kier molecular flexibility index (Phi) is 4.15. The summed E-state index contributed by atoms with van der Waals surface area (Å²) < 4.78 is 11.3. The van der Waals surface area contributed by atoms with Crippen molar-refractivity contribution in [1.29, 1.82) is 0 Å². The monoisotopic (exact) mass is 358 g/mol. The average Bonchev–Trinajstić information content (AvgIpc) is 2.68. The zero-order chi connectivity index (χ0) is 19.0. The Hall–Kier alpha value is -3.20. The molecule has 0 atom stereocenters. The van der Waals surface area contributed by atoms with Crippen LogP contribution < -0.4 is 9.47 Å². The van der Waals surface area contributed by atoms with Crippen molar-refractivity contribution in [1.82, 2.24) is 0 Å². The lowest BCUT2D eigenvalue weighted by atomic mass is 9.88. The molecule has 3 aromatic carbocycles. The summed E-state index contributed by atoms with van der Waals surface area (Å²) in [6, 6.07) is 22.4. The van der Waals surface area contributed by atoms with Gasteiger partial charge in [-0.05, 0) is 60.4 Å². The Labute approximate surface area is 159 Å². The number of benzene rings is 3. The number of rotatable bonds is 3. The van der Waals surface area contributed by atoms with Crippen LogP contribution in [0.25, 0.3) is 16.7 Å². The molecular weight excluding hydrogens is 336 g/mol. The number of aromatic hydroxyl groups is 1. The lowest BCUT2D eigenvalue weighted by Crippen LogP contribution is -2.29. The number of ether oxygens (including phenoxy) is 2. The van der Waals surface area contributed by atoms with Crippen molar-refractivity contribution in [3.63, 3.8) is 0 Å². The molecule has 0 saturated heterocycles. The average molecular weight is 358 g/mol. The second-order valence-electron chi connectivity index (χ2n) is 7.20. The van der Waals surface area contributed by atoms with E-state index in [0.29, 0.717) is 11.5 Å². The molecule has 0 saturated carbocycles. The maximum atomic E-state index is 10.6. The Morgan fingerprint density at radius 1 is 0.852 bits per heavy atom. The second kappa shape index (κ2) is 6.51. The van der Waals surface area contributed by atoms with Crippen molar-refractivity contribution in [2.45, 2.75) is 19.4 Å². The number of hydrogen-bond acceptors (Lipinski definition) is 3. The Morgan fingerprint density at radius 2 is 1.56 bits per heavy atom. The van der Waals surface area contributed by atoms with Gasteiger partial charge < -0.3 is 14.6 Å². The third-order valence-corrected chi connectivity index (χ3v) is 4.74. The quantitative estimate of drug-likeness (QED) is 0.655. The van der Waals surface area contributed by atoms with Gasteiger partial charge in [0.1, 0.15) is 5.60 Å². The van der Waals surface area contributed by atoms with E-state index >= 15 is 0 Å². The number of methoxy groups -OCH3 is 1. The molecule has 3 aromatic rings. The van der Waals surface area contributed by atoms with Crippen LogP contribution in [0.1, 0.15) is 25.0 Å². The first-order valence-corrected chi connectivity index (χ1v) is 8.96. The predicted octanol–water partition coefficient (Wildman–Crippen LogP) is 5.67. The lowest BCUT2D eigenvalue weighted by molar-refractivity contribution is 0.150. The summed E-state index contributed by atoms with van der Waals surface area (Å²) >= 11 is 0. The standard InChI is InChI=1S/C24H22O3/c1-24(2)15-20(19-12-13-21(26-3)22(25)23(19)27-24)18-11-7-10-17(14-18)16-8-5-4-6-9-16/h4-15,25H,1-3H3. The van der Waals surface area contributed by atoms with Gasteiger partial charge in [-0.25, -0.2) is 0 Å². The molecule has 0 aliphatic carbocycles. The topological polar surface area (TPSA) is 38.7 Å². The molecule has 0 fully saturated rings. The van der Waals surface area contributed by atoms with Gasteiger partial charge in [-0.3, -0.25) is 0 Å². The van der Waals surface area contributed by atoms with Crippen molar-refractivity contribution in [3.05, 3.63) is 83.9 Å². The minimum Gasteiger partial charge on any atom is -0.502 e. The maximum absolute atomic E-state index is 10.6. The molecule has 0 amide bonds. The second-order valence-corrected chi connectivity index (χ2v) is 7.20. The van der Waals surface area contributed by atoms with Crippen LogP contribution in [0.5, 0.6) is 17.2 Å². The van der Waals surface area contributed by atoms with Crippen LogP contribution in [0.4, 0.5) is 0 Å². The minimum atomic E-state index is -0.547. The van der Waals surface area contributed by atoms with Crippen LogP contribution in [0.3, 0.4) is 0 Å². The number of fused-ring (bicyclic) bond motifs is 1. The summed E-state index contributed by atoms with van der Waals surface area (Å²) in [5.41, 5.74) is 4.75. The summed E-state index contributed by atoms with van der Waals surface area (Å²) in [5, 5.41) is 10.6. The van der Waals surface area contributed by atoms with Gasteiger partial charge >= 0.3 is 0 Å². The Balaban J connectivity index is 1.87. The lowest BCUT2D eigenvalue weighted by Gasteiger charge is -2.32. The predicted molar refractivity (Wildman–Crippen MR) is 108 cm³/mol. The molecule has 1 heterocycles. The van der Waals surface area contributed by atoms with E-state index in [1.54, 1.807) is 6.07 Å². The van der Waals surface area contributed by atoms with E-state index in [2.05, 4.69) is 42.5 Å². The molecule has 1 aliphatic heterocycles. The number of hydrogen-bond donors (Lipinski definition) is 1. The van der Waals surface area contributed by atoms with Crippen LogP contribution in [0.2, 0.25) is 0 Å². The molecule has 4 rings (SSSR count). The van der Waals surface area contributed by atoms with Gasteiger partial charge in [0.05, 0.1) is 7.11 Å². The molecule has 3 nitrogen and oxygen atoms in total. The fraction of sp³-hybridized carbons (Fsp3) is 0.167. The molecule has 0 bridgehead atoms. The van der Waals surface area contributed by atoms with Crippen molar-refractivity contribution < 1.29 is 14.6 Å². The van der Waals surface area contributed by atoms with E-state index < -0.39 is 5.60 Å². The normalized spacial score (nSPS) is 14.7. The fourth-order valence-corrected chi connectivity index (χ4v) is 3.49. The molecule has 0 radical (unpaired) electrons. The zero-order valence-corrected chi connectivity index (χ0v) is 15.7. The van der Waals surface area contributed by atoms with E-state index in [4.69, 9.17) is 9.47 Å². The molecule has 27 heavy (non-hydrogen) atoms. The van der Waals surface area contributed by atoms with Crippen LogP contribution >= 0.6 is 0 Å². The van der Waals surface area contributed by atoms with E-state index in [1.165, 1.54) is 12.7 Å². The highest BCUT2D eigenvalue weighted by Crippen LogP contribution is 2.48. The van der Waals surface area contributed by atoms with Gasteiger partial charge in [-0.2, -0.15) is 0 Å². The Bertz CT molecular complexity index is 1020. The summed E-state index contributed by atoms with van der Waals surface area (Å²) in [6.45, 7) is 3.96. The highest BCUT2D eigenvalue weighted by atomic mass is 16.5. The number of phenols is 1.